The van der Waals surface area contributed by atoms with E-state index in [0.717, 1.165) is 30.9 Å². The zero-order valence-electron chi connectivity index (χ0n) is 12.1. The molecule has 1 amide bonds. The minimum atomic E-state index is 0.350. The summed E-state index contributed by atoms with van der Waals surface area (Å²) in [4.78, 5) is 18.7. The molecule has 0 N–H and O–H groups in total. The van der Waals surface area contributed by atoms with Crippen LogP contribution in [-0.2, 0) is 11.3 Å². The van der Waals surface area contributed by atoms with Gasteiger partial charge in [-0.05, 0) is 36.8 Å². The van der Waals surface area contributed by atoms with Crippen LogP contribution in [0.4, 0.5) is 0 Å². The summed E-state index contributed by atoms with van der Waals surface area (Å²) in [6.07, 6.45) is 13.2. The maximum Gasteiger partial charge on any atom is 0.223 e. The van der Waals surface area contributed by atoms with Gasteiger partial charge in [-0.25, -0.2) is 0 Å². The summed E-state index contributed by atoms with van der Waals surface area (Å²) in [5.41, 5.74) is 1.15. The van der Waals surface area contributed by atoms with E-state index in [2.05, 4.69) is 16.0 Å². The van der Waals surface area contributed by atoms with Crippen molar-refractivity contribution in [3.05, 3.63) is 30.1 Å². The second-order valence-corrected chi connectivity index (χ2v) is 6.30. The molecule has 0 aromatic carbocycles. The Balaban J connectivity index is 1.54. The summed E-state index contributed by atoms with van der Waals surface area (Å²) >= 11 is 0. The third kappa shape index (κ3) is 3.59. The lowest BCUT2D eigenvalue weighted by Gasteiger charge is -2.23. The first-order valence-electron chi connectivity index (χ1n) is 8.01. The molecule has 0 unspecified atom stereocenters. The van der Waals surface area contributed by atoms with Gasteiger partial charge >= 0.3 is 0 Å². The highest BCUT2D eigenvalue weighted by Gasteiger charge is 2.32. The molecule has 108 valence electrons. The Kier molecular flexibility index (Phi) is 4.34. The number of carbonyl (C=O) groups excluding carboxylic acids is 1. The maximum absolute atomic E-state index is 12.5. The summed E-state index contributed by atoms with van der Waals surface area (Å²) in [6.45, 7) is 0.738. The molecule has 1 aromatic rings. The summed E-state index contributed by atoms with van der Waals surface area (Å²) < 4.78 is 0. The molecule has 0 aliphatic heterocycles. The van der Waals surface area contributed by atoms with Crippen LogP contribution in [0.1, 0.15) is 56.9 Å². The van der Waals surface area contributed by atoms with Crippen molar-refractivity contribution in [3.8, 4) is 0 Å². The van der Waals surface area contributed by atoms with Crippen LogP contribution in [0.3, 0.4) is 0 Å². The van der Waals surface area contributed by atoms with Crippen molar-refractivity contribution in [2.75, 3.05) is 0 Å². The molecule has 2 fully saturated rings. The van der Waals surface area contributed by atoms with Gasteiger partial charge in [0.05, 0.1) is 0 Å². The second kappa shape index (κ2) is 6.38. The highest BCUT2D eigenvalue weighted by molar-refractivity contribution is 5.76. The average Bonchev–Trinajstić information content (AvgIpc) is 3.19. The second-order valence-electron chi connectivity index (χ2n) is 6.30. The van der Waals surface area contributed by atoms with Gasteiger partial charge in [0.25, 0.3) is 0 Å². The molecule has 0 bridgehead atoms. The number of carbonyl (C=O) groups is 1. The number of rotatable bonds is 6. The first kappa shape index (κ1) is 13.6. The Morgan fingerprint density at radius 1 is 1.25 bits per heavy atom. The molecule has 0 radical (unpaired) electrons. The van der Waals surface area contributed by atoms with Crippen LogP contribution in [0.25, 0.3) is 0 Å². The molecule has 1 aromatic heterocycles. The number of hydrogen-bond acceptors (Lipinski definition) is 2. The SMILES string of the molecule is O=C(CCC1CCCC1)N(Cc1cccnc1)C1CC1. The van der Waals surface area contributed by atoms with Gasteiger partial charge in [0.2, 0.25) is 5.91 Å². The van der Waals surface area contributed by atoms with Crippen LogP contribution in [-0.4, -0.2) is 21.8 Å². The predicted octanol–water partition coefficient (Wildman–Crippen LogP) is 3.54. The Bertz CT molecular complexity index is 436. The number of hydrogen-bond donors (Lipinski definition) is 0. The Hall–Kier alpha value is -1.38. The first-order valence-corrected chi connectivity index (χ1v) is 8.01. The lowest BCUT2D eigenvalue weighted by Crippen LogP contribution is -2.32. The van der Waals surface area contributed by atoms with E-state index in [1.165, 1.54) is 38.5 Å². The molecule has 0 saturated heterocycles. The lowest BCUT2D eigenvalue weighted by molar-refractivity contribution is -0.132. The maximum atomic E-state index is 12.5. The van der Waals surface area contributed by atoms with E-state index in [1.807, 2.05) is 12.3 Å². The highest BCUT2D eigenvalue weighted by Crippen LogP contribution is 2.32. The molecule has 3 nitrogen and oxygen atoms in total. The molecular formula is C17H24N2O. The smallest absolute Gasteiger partial charge is 0.223 e. The monoisotopic (exact) mass is 272 g/mol. The topological polar surface area (TPSA) is 33.2 Å². The van der Waals surface area contributed by atoms with Gasteiger partial charge in [-0.3, -0.25) is 9.78 Å². The predicted molar refractivity (Wildman–Crippen MR) is 79.0 cm³/mol. The van der Waals surface area contributed by atoms with Gasteiger partial charge < -0.3 is 4.90 Å². The largest absolute Gasteiger partial charge is 0.335 e. The zero-order valence-corrected chi connectivity index (χ0v) is 12.1. The average molecular weight is 272 g/mol. The third-order valence-electron chi connectivity index (χ3n) is 4.62. The van der Waals surface area contributed by atoms with E-state index in [4.69, 9.17) is 0 Å². The molecule has 2 saturated carbocycles. The van der Waals surface area contributed by atoms with Gasteiger partial charge in [0, 0.05) is 31.4 Å². The molecule has 2 aliphatic rings. The van der Waals surface area contributed by atoms with Crippen LogP contribution < -0.4 is 0 Å². The van der Waals surface area contributed by atoms with Crippen LogP contribution in [0, 0.1) is 5.92 Å². The van der Waals surface area contributed by atoms with Crippen LogP contribution >= 0.6 is 0 Å². The normalized spacial score (nSPS) is 19.2. The van der Waals surface area contributed by atoms with Crippen LogP contribution in [0.5, 0.6) is 0 Å². The fourth-order valence-corrected chi connectivity index (χ4v) is 3.27. The number of aromatic nitrogens is 1. The van der Waals surface area contributed by atoms with Crippen molar-refractivity contribution in [1.29, 1.82) is 0 Å². The molecule has 3 rings (SSSR count). The molecule has 20 heavy (non-hydrogen) atoms. The first-order chi connectivity index (χ1) is 9.83. The third-order valence-corrected chi connectivity index (χ3v) is 4.62. The van der Waals surface area contributed by atoms with Gasteiger partial charge in [-0.15, -0.1) is 0 Å². The number of nitrogens with zero attached hydrogens (tertiary/aromatic N) is 2. The van der Waals surface area contributed by atoms with Crippen molar-refractivity contribution in [1.82, 2.24) is 9.88 Å². The van der Waals surface area contributed by atoms with Crippen molar-refractivity contribution in [2.45, 2.75) is 64.0 Å². The zero-order chi connectivity index (χ0) is 13.8. The van der Waals surface area contributed by atoms with E-state index in [1.54, 1.807) is 6.20 Å². The van der Waals surface area contributed by atoms with Crippen molar-refractivity contribution in [3.63, 3.8) is 0 Å². The molecule has 0 atom stereocenters. The summed E-state index contributed by atoms with van der Waals surface area (Å²) in [6, 6.07) is 4.50. The summed E-state index contributed by atoms with van der Waals surface area (Å²) in [5, 5.41) is 0. The minimum absolute atomic E-state index is 0.350. The Morgan fingerprint density at radius 3 is 2.70 bits per heavy atom. The molecule has 2 aliphatic carbocycles. The standard InChI is InChI=1S/C17H24N2O/c20-17(10-7-14-4-1-2-5-14)19(16-8-9-16)13-15-6-3-11-18-12-15/h3,6,11-12,14,16H,1-2,4-5,7-10,13H2. The van der Waals surface area contributed by atoms with Crippen molar-refractivity contribution in [2.24, 2.45) is 5.92 Å². The van der Waals surface area contributed by atoms with Gasteiger partial charge in [-0.2, -0.15) is 0 Å². The highest BCUT2D eigenvalue weighted by atomic mass is 16.2. The minimum Gasteiger partial charge on any atom is -0.335 e. The van der Waals surface area contributed by atoms with Crippen LogP contribution in [0.2, 0.25) is 0 Å². The van der Waals surface area contributed by atoms with Gasteiger partial charge in [-0.1, -0.05) is 31.7 Å². The van der Waals surface area contributed by atoms with Crippen molar-refractivity contribution >= 4 is 5.91 Å². The fraction of sp³-hybridized carbons (Fsp3) is 0.647. The molecule has 3 heteroatoms. The Morgan fingerprint density at radius 2 is 2.05 bits per heavy atom. The number of amides is 1. The lowest BCUT2D eigenvalue weighted by atomic mass is 10.0. The van der Waals surface area contributed by atoms with E-state index in [9.17, 15) is 4.79 Å². The number of pyridine rings is 1. The van der Waals surface area contributed by atoms with E-state index >= 15 is 0 Å². The molecular weight excluding hydrogens is 248 g/mol. The summed E-state index contributed by atoms with van der Waals surface area (Å²) in [5.74, 6) is 1.15. The summed E-state index contributed by atoms with van der Waals surface area (Å²) in [7, 11) is 0. The van der Waals surface area contributed by atoms with Crippen molar-refractivity contribution < 1.29 is 4.79 Å². The van der Waals surface area contributed by atoms with E-state index < -0.39 is 0 Å². The quantitative estimate of drug-likeness (QED) is 0.793. The van der Waals surface area contributed by atoms with E-state index in [0.29, 0.717) is 11.9 Å². The molecule has 0 spiro atoms. The Labute approximate surface area is 121 Å². The van der Waals surface area contributed by atoms with Gasteiger partial charge in [0.1, 0.15) is 0 Å². The van der Waals surface area contributed by atoms with Gasteiger partial charge in [0.15, 0.2) is 0 Å². The van der Waals surface area contributed by atoms with Crippen LogP contribution in [0.15, 0.2) is 24.5 Å². The fourth-order valence-electron chi connectivity index (χ4n) is 3.27. The molecule has 1 heterocycles. The van der Waals surface area contributed by atoms with E-state index in [-0.39, 0.29) is 0 Å².